The van der Waals surface area contributed by atoms with Crippen LogP contribution in [0.5, 0.6) is 0 Å². The first-order valence-electron chi connectivity index (χ1n) is 8.16. The van der Waals surface area contributed by atoms with Gasteiger partial charge in [0.2, 0.25) is 5.91 Å². The summed E-state index contributed by atoms with van der Waals surface area (Å²) in [5, 5.41) is 0. The molecule has 26 heavy (non-hydrogen) atoms. The molecule has 1 aromatic carbocycles. The number of urea groups is 1. The van der Waals surface area contributed by atoms with Gasteiger partial charge >= 0.3 is 17.8 Å². The van der Waals surface area contributed by atoms with Crippen molar-refractivity contribution in [3.8, 4) is 0 Å². The number of nitrogens with zero attached hydrogens (tertiary/aromatic N) is 3. The summed E-state index contributed by atoms with van der Waals surface area (Å²) in [4.78, 5) is 63.2. The fourth-order valence-corrected chi connectivity index (χ4v) is 2.98. The molecule has 0 radical (unpaired) electrons. The lowest BCUT2D eigenvalue weighted by atomic mass is 10.1. The van der Waals surface area contributed by atoms with Crippen molar-refractivity contribution in [2.24, 2.45) is 0 Å². The number of hydrogen-bond donors (Lipinski definition) is 0. The molecule has 1 aromatic rings. The molecule has 0 unspecified atom stereocenters. The van der Waals surface area contributed by atoms with Crippen molar-refractivity contribution in [3.63, 3.8) is 0 Å². The Hall–Kier alpha value is -3.29. The number of anilines is 1. The Labute approximate surface area is 149 Å². The van der Waals surface area contributed by atoms with Crippen molar-refractivity contribution in [1.82, 2.24) is 9.80 Å². The van der Waals surface area contributed by atoms with Crippen molar-refractivity contribution in [2.75, 3.05) is 24.5 Å². The molecule has 8 heteroatoms. The van der Waals surface area contributed by atoms with Gasteiger partial charge in [0.1, 0.15) is 0 Å². The summed E-state index contributed by atoms with van der Waals surface area (Å²) >= 11 is 0. The van der Waals surface area contributed by atoms with Gasteiger partial charge < -0.3 is 4.90 Å². The van der Waals surface area contributed by atoms with Crippen molar-refractivity contribution < 1.29 is 24.0 Å². The van der Waals surface area contributed by atoms with Crippen LogP contribution in [0.4, 0.5) is 10.5 Å². The summed E-state index contributed by atoms with van der Waals surface area (Å²) < 4.78 is 0. The van der Waals surface area contributed by atoms with Crippen molar-refractivity contribution in [1.29, 1.82) is 0 Å². The van der Waals surface area contributed by atoms with Crippen molar-refractivity contribution in [3.05, 3.63) is 42.5 Å². The molecular weight excluding hydrogens is 338 g/mol. The summed E-state index contributed by atoms with van der Waals surface area (Å²) in [6.07, 6.45) is 2.55. The van der Waals surface area contributed by atoms with E-state index in [-0.39, 0.29) is 18.0 Å². The number of Topliss-reactive ketones (excluding diaryl/α,β-unsaturated/α-hetero) is 1. The Kier molecular flexibility index (Phi) is 4.66. The summed E-state index contributed by atoms with van der Waals surface area (Å²) in [5.74, 6) is -2.51. The first-order valence-corrected chi connectivity index (χ1v) is 8.16. The van der Waals surface area contributed by atoms with Gasteiger partial charge in [-0.2, -0.15) is 0 Å². The van der Waals surface area contributed by atoms with Crippen molar-refractivity contribution in [2.45, 2.75) is 12.8 Å². The molecule has 2 aliphatic rings. The standard InChI is InChI=1S/C18H17N3O5/c1-2-8-20-16(24)17(25)21(18(20)26)11-14(22)12-5-3-6-13(10-12)19-9-4-7-15(19)23/h2-3,5-6,10H,1,4,7-9,11H2. The number of benzene rings is 1. The van der Waals surface area contributed by atoms with E-state index in [9.17, 15) is 24.0 Å². The van der Waals surface area contributed by atoms with Gasteiger partial charge in [-0.3, -0.25) is 24.1 Å². The first-order chi connectivity index (χ1) is 12.4. The van der Waals surface area contributed by atoms with E-state index in [1.165, 1.54) is 6.08 Å². The van der Waals surface area contributed by atoms with Gasteiger partial charge in [-0.25, -0.2) is 9.69 Å². The summed E-state index contributed by atoms with van der Waals surface area (Å²) in [7, 11) is 0. The molecule has 2 heterocycles. The Bertz CT molecular complexity index is 832. The van der Waals surface area contributed by atoms with Crippen LogP contribution in [0.3, 0.4) is 0 Å². The summed E-state index contributed by atoms with van der Waals surface area (Å²) in [5.41, 5.74) is 0.860. The van der Waals surface area contributed by atoms with E-state index in [1.807, 2.05) is 0 Å². The molecule has 0 saturated carbocycles. The van der Waals surface area contributed by atoms with Crippen LogP contribution in [-0.2, 0) is 14.4 Å². The second kappa shape index (κ2) is 6.91. The number of ketones is 1. The number of carbonyl (C=O) groups is 5. The topological polar surface area (TPSA) is 95.1 Å². The van der Waals surface area contributed by atoms with Crippen LogP contribution in [0.15, 0.2) is 36.9 Å². The lowest BCUT2D eigenvalue weighted by Gasteiger charge is -2.17. The van der Waals surface area contributed by atoms with Gasteiger partial charge in [0.15, 0.2) is 5.78 Å². The fraction of sp³-hybridized carbons (Fsp3) is 0.278. The predicted octanol–water partition coefficient (Wildman–Crippen LogP) is 0.973. The van der Waals surface area contributed by atoms with E-state index in [0.29, 0.717) is 23.6 Å². The average Bonchev–Trinajstić information content (AvgIpc) is 3.15. The SMILES string of the molecule is C=CCN1C(=O)C(=O)N(CC(=O)c2cccc(N3CCCC3=O)c2)C1=O. The minimum Gasteiger partial charge on any atom is -0.312 e. The van der Waals surface area contributed by atoms with Gasteiger partial charge in [-0.05, 0) is 18.6 Å². The Morgan fingerprint density at radius 3 is 2.50 bits per heavy atom. The molecule has 0 N–H and O–H groups in total. The van der Waals surface area contributed by atoms with Crippen LogP contribution in [0.25, 0.3) is 0 Å². The zero-order valence-corrected chi connectivity index (χ0v) is 14.0. The smallest absolute Gasteiger partial charge is 0.312 e. The molecule has 8 nitrogen and oxygen atoms in total. The molecule has 5 amide bonds. The van der Waals surface area contributed by atoms with E-state index >= 15 is 0 Å². The van der Waals surface area contributed by atoms with Gasteiger partial charge in [0, 0.05) is 30.8 Å². The van der Waals surface area contributed by atoms with Crippen molar-refractivity contribution >= 4 is 35.2 Å². The highest BCUT2D eigenvalue weighted by Gasteiger charge is 2.44. The number of hydrogen-bond acceptors (Lipinski definition) is 5. The van der Waals surface area contributed by atoms with Crippen LogP contribution < -0.4 is 4.90 Å². The molecule has 0 aliphatic carbocycles. The van der Waals surface area contributed by atoms with Gasteiger partial charge in [-0.1, -0.05) is 18.2 Å². The number of carbonyl (C=O) groups excluding carboxylic acids is 5. The molecule has 2 fully saturated rings. The molecular formula is C18H17N3O5. The maximum Gasteiger partial charge on any atom is 0.334 e. The highest BCUT2D eigenvalue weighted by Crippen LogP contribution is 2.23. The quantitative estimate of drug-likeness (QED) is 0.328. The Balaban J connectivity index is 1.77. The van der Waals surface area contributed by atoms with E-state index in [2.05, 4.69) is 6.58 Å². The predicted molar refractivity (Wildman–Crippen MR) is 91.4 cm³/mol. The maximum absolute atomic E-state index is 12.5. The molecule has 3 rings (SSSR count). The fourth-order valence-electron chi connectivity index (χ4n) is 2.98. The normalized spacial score (nSPS) is 17.5. The summed E-state index contributed by atoms with van der Waals surface area (Å²) in [6, 6.07) is 5.62. The molecule has 0 bridgehead atoms. The minimum absolute atomic E-state index is 0.00911. The zero-order chi connectivity index (χ0) is 18.8. The molecule has 0 atom stereocenters. The largest absolute Gasteiger partial charge is 0.334 e. The van der Waals surface area contributed by atoms with Crippen LogP contribution in [0, 0.1) is 0 Å². The summed E-state index contributed by atoms with van der Waals surface area (Å²) in [6.45, 7) is 3.39. The van der Waals surface area contributed by atoms with Crippen LogP contribution in [0.2, 0.25) is 0 Å². The zero-order valence-electron chi connectivity index (χ0n) is 14.0. The maximum atomic E-state index is 12.5. The Morgan fingerprint density at radius 2 is 1.85 bits per heavy atom. The van der Waals surface area contributed by atoms with Gasteiger partial charge in [0.25, 0.3) is 0 Å². The van der Waals surface area contributed by atoms with Crippen LogP contribution in [0.1, 0.15) is 23.2 Å². The minimum atomic E-state index is -1.03. The third-order valence-corrected chi connectivity index (χ3v) is 4.30. The van der Waals surface area contributed by atoms with E-state index in [0.717, 1.165) is 11.3 Å². The van der Waals surface area contributed by atoms with Crippen LogP contribution >= 0.6 is 0 Å². The second-order valence-electron chi connectivity index (χ2n) is 6.00. The van der Waals surface area contributed by atoms with Crippen LogP contribution in [-0.4, -0.2) is 59.0 Å². The highest BCUT2D eigenvalue weighted by atomic mass is 16.2. The molecule has 0 aromatic heterocycles. The average molecular weight is 355 g/mol. The second-order valence-corrected chi connectivity index (χ2v) is 6.00. The first kappa shape index (κ1) is 17.5. The molecule has 0 spiro atoms. The van der Waals surface area contributed by atoms with E-state index in [4.69, 9.17) is 0 Å². The van der Waals surface area contributed by atoms with E-state index in [1.54, 1.807) is 29.2 Å². The molecule has 134 valence electrons. The number of amides is 5. The molecule has 2 saturated heterocycles. The lowest BCUT2D eigenvalue weighted by Crippen LogP contribution is -2.37. The number of imide groups is 2. The highest BCUT2D eigenvalue weighted by molar-refractivity contribution is 6.45. The van der Waals surface area contributed by atoms with Gasteiger partial charge in [0.05, 0.1) is 6.54 Å². The Morgan fingerprint density at radius 1 is 1.12 bits per heavy atom. The lowest BCUT2D eigenvalue weighted by molar-refractivity contribution is -0.142. The van der Waals surface area contributed by atoms with E-state index < -0.39 is 30.2 Å². The third kappa shape index (κ3) is 3.01. The van der Waals surface area contributed by atoms with Gasteiger partial charge in [-0.15, -0.1) is 6.58 Å². The number of rotatable bonds is 6. The third-order valence-electron chi connectivity index (χ3n) is 4.30. The monoisotopic (exact) mass is 355 g/mol. The molecule has 2 aliphatic heterocycles.